The first kappa shape index (κ1) is 22.1. The van der Waals surface area contributed by atoms with Crippen molar-refractivity contribution in [3.05, 3.63) is 94.8 Å². The van der Waals surface area contributed by atoms with Gasteiger partial charge in [-0.3, -0.25) is 14.5 Å². The summed E-state index contributed by atoms with van der Waals surface area (Å²) < 4.78 is 24.8. The van der Waals surface area contributed by atoms with Gasteiger partial charge in [0.1, 0.15) is 23.1 Å². The van der Waals surface area contributed by atoms with Crippen LogP contribution in [0.25, 0.3) is 5.76 Å². The Bertz CT molecular complexity index is 1280. The van der Waals surface area contributed by atoms with E-state index in [0.29, 0.717) is 22.6 Å². The Labute approximate surface area is 190 Å². The van der Waals surface area contributed by atoms with Crippen LogP contribution in [0.2, 0.25) is 0 Å². The lowest BCUT2D eigenvalue weighted by Crippen LogP contribution is -2.29. The van der Waals surface area contributed by atoms with Gasteiger partial charge in [-0.15, -0.1) is 0 Å². The molecule has 0 aromatic heterocycles. The van der Waals surface area contributed by atoms with Crippen LogP contribution < -0.4 is 14.4 Å². The van der Waals surface area contributed by atoms with Gasteiger partial charge in [-0.2, -0.15) is 0 Å². The average Bonchev–Trinajstić information content (AvgIpc) is 3.08. The number of ketones is 1. The predicted molar refractivity (Wildman–Crippen MR) is 122 cm³/mol. The molecule has 6 nitrogen and oxygen atoms in total. The number of amides is 1. The van der Waals surface area contributed by atoms with Crippen molar-refractivity contribution in [2.45, 2.75) is 13.0 Å². The molecule has 1 amide bonds. The van der Waals surface area contributed by atoms with E-state index in [1.54, 1.807) is 49.4 Å². The maximum absolute atomic E-state index is 14.0. The monoisotopic (exact) mass is 447 g/mol. The van der Waals surface area contributed by atoms with Gasteiger partial charge in [-0.25, -0.2) is 4.39 Å². The Kier molecular flexibility index (Phi) is 5.87. The van der Waals surface area contributed by atoms with Gasteiger partial charge < -0.3 is 14.6 Å². The van der Waals surface area contributed by atoms with E-state index in [0.717, 1.165) is 5.56 Å². The number of anilines is 1. The third kappa shape index (κ3) is 3.82. The second kappa shape index (κ2) is 8.78. The van der Waals surface area contributed by atoms with E-state index in [2.05, 4.69) is 0 Å². The highest BCUT2D eigenvalue weighted by atomic mass is 19.1. The number of hydrogen-bond acceptors (Lipinski definition) is 5. The molecule has 168 valence electrons. The number of aliphatic hydroxyl groups excluding tert-OH is 1. The topological polar surface area (TPSA) is 76.1 Å². The predicted octanol–water partition coefficient (Wildman–Crippen LogP) is 4.78. The van der Waals surface area contributed by atoms with E-state index in [4.69, 9.17) is 9.47 Å². The summed E-state index contributed by atoms with van der Waals surface area (Å²) in [6, 6.07) is 16.2. The number of carbonyl (C=O) groups excluding carboxylic acids is 2. The van der Waals surface area contributed by atoms with Crippen molar-refractivity contribution in [2.75, 3.05) is 19.1 Å². The van der Waals surface area contributed by atoms with Crippen molar-refractivity contribution >= 4 is 23.1 Å². The van der Waals surface area contributed by atoms with Gasteiger partial charge in [0.25, 0.3) is 11.7 Å². The van der Waals surface area contributed by atoms with Crippen molar-refractivity contribution in [3.63, 3.8) is 0 Å². The Morgan fingerprint density at radius 2 is 1.67 bits per heavy atom. The van der Waals surface area contributed by atoms with E-state index in [-0.39, 0.29) is 17.0 Å². The van der Waals surface area contributed by atoms with Gasteiger partial charge in [-0.05, 0) is 55.0 Å². The van der Waals surface area contributed by atoms with Gasteiger partial charge >= 0.3 is 0 Å². The Morgan fingerprint density at radius 3 is 2.33 bits per heavy atom. The molecule has 7 heteroatoms. The van der Waals surface area contributed by atoms with Crippen LogP contribution in [-0.2, 0) is 9.59 Å². The van der Waals surface area contributed by atoms with E-state index < -0.39 is 23.5 Å². The number of aryl methyl sites for hydroxylation is 1. The molecule has 0 bridgehead atoms. The smallest absolute Gasteiger partial charge is 0.300 e. The van der Waals surface area contributed by atoms with Crippen molar-refractivity contribution in [1.82, 2.24) is 0 Å². The molecule has 33 heavy (non-hydrogen) atoms. The van der Waals surface area contributed by atoms with Gasteiger partial charge in [0, 0.05) is 16.8 Å². The summed E-state index contributed by atoms with van der Waals surface area (Å²) in [4.78, 5) is 27.6. The van der Waals surface area contributed by atoms with E-state index in [1.165, 1.54) is 43.4 Å². The number of methoxy groups -OCH3 is 2. The minimum atomic E-state index is -1.02. The standard InChI is InChI=1S/C26H22FNO5/c1-15-13-16(11-12-20(15)32-2)24(29)22-23(19-9-4-5-10-21(19)33-3)28(26(31)25(22)30)18-8-6-7-17(27)14-18/h4-14,23,29H,1-3H3/b24-22+. The van der Waals surface area contributed by atoms with Crippen LogP contribution in [0, 0.1) is 12.7 Å². The van der Waals surface area contributed by atoms with Crippen molar-refractivity contribution in [1.29, 1.82) is 0 Å². The number of ether oxygens (including phenoxy) is 2. The summed E-state index contributed by atoms with van der Waals surface area (Å²) in [6.45, 7) is 1.80. The summed E-state index contributed by atoms with van der Waals surface area (Å²) in [5.74, 6) is -1.60. The van der Waals surface area contributed by atoms with Crippen molar-refractivity contribution < 1.29 is 28.6 Å². The molecule has 4 rings (SSSR count). The number of rotatable bonds is 5. The van der Waals surface area contributed by atoms with Crippen LogP contribution in [0.1, 0.15) is 22.7 Å². The maximum atomic E-state index is 14.0. The zero-order valence-corrected chi connectivity index (χ0v) is 18.3. The first-order chi connectivity index (χ1) is 15.9. The molecule has 1 N–H and O–H groups in total. The zero-order chi connectivity index (χ0) is 23.7. The second-order valence-electron chi connectivity index (χ2n) is 7.58. The molecule has 3 aromatic rings. The molecule has 0 saturated carbocycles. The van der Waals surface area contributed by atoms with Gasteiger partial charge in [0.05, 0.1) is 25.8 Å². The number of aliphatic hydroxyl groups is 1. The highest BCUT2D eigenvalue weighted by Gasteiger charge is 2.48. The minimum absolute atomic E-state index is 0.113. The lowest BCUT2D eigenvalue weighted by atomic mass is 9.94. The average molecular weight is 447 g/mol. The molecule has 0 aliphatic carbocycles. The summed E-state index contributed by atoms with van der Waals surface area (Å²) in [5, 5.41) is 11.2. The fourth-order valence-electron chi connectivity index (χ4n) is 4.09. The van der Waals surface area contributed by atoms with Crippen molar-refractivity contribution in [2.24, 2.45) is 0 Å². The van der Waals surface area contributed by atoms with Crippen LogP contribution in [0.3, 0.4) is 0 Å². The van der Waals surface area contributed by atoms with Crippen molar-refractivity contribution in [3.8, 4) is 11.5 Å². The molecule has 1 atom stereocenters. The van der Waals surface area contributed by atoms with Crippen LogP contribution in [0.5, 0.6) is 11.5 Å². The summed E-state index contributed by atoms with van der Waals surface area (Å²) in [7, 11) is 3.01. The molecular formula is C26H22FNO5. The van der Waals surface area contributed by atoms with Crippen LogP contribution in [0.15, 0.2) is 72.3 Å². The summed E-state index contributed by atoms with van der Waals surface area (Å²) in [5.41, 5.74) is 1.66. The first-order valence-corrected chi connectivity index (χ1v) is 10.2. The number of para-hydroxylation sites is 1. The van der Waals surface area contributed by atoms with Crippen LogP contribution >= 0.6 is 0 Å². The minimum Gasteiger partial charge on any atom is -0.507 e. The fraction of sp³-hybridized carbons (Fsp3) is 0.154. The Balaban J connectivity index is 1.98. The molecule has 1 heterocycles. The van der Waals surface area contributed by atoms with Gasteiger partial charge in [0.2, 0.25) is 0 Å². The molecule has 1 aliphatic rings. The third-order valence-electron chi connectivity index (χ3n) is 5.63. The molecule has 1 unspecified atom stereocenters. The Morgan fingerprint density at radius 1 is 0.939 bits per heavy atom. The second-order valence-corrected chi connectivity index (χ2v) is 7.58. The normalized spacial score (nSPS) is 17.3. The Hall–Kier alpha value is -4.13. The SMILES string of the molecule is COc1ccc(/C(O)=C2\C(=O)C(=O)N(c3cccc(F)c3)C2c2ccccc2OC)cc1C. The number of benzene rings is 3. The van der Waals surface area contributed by atoms with E-state index >= 15 is 0 Å². The van der Waals surface area contributed by atoms with E-state index in [1.807, 2.05) is 0 Å². The molecule has 1 aliphatic heterocycles. The molecule has 0 radical (unpaired) electrons. The van der Waals surface area contributed by atoms with Gasteiger partial charge in [-0.1, -0.05) is 24.3 Å². The van der Waals surface area contributed by atoms with Gasteiger partial charge in [0.15, 0.2) is 0 Å². The number of halogens is 1. The summed E-state index contributed by atoms with van der Waals surface area (Å²) in [6.07, 6.45) is 0. The number of carbonyl (C=O) groups is 2. The lowest BCUT2D eigenvalue weighted by Gasteiger charge is -2.26. The molecular weight excluding hydrogens is 425 g/mol. The number of Topliss-reactive ketones (excluding diaryl/α,β-unsaturated/α-hetero) is 1. The number of hydrogen-bond donors (Lipinski definition) is 1. The lowest BCUT2D eigenvalue weighted by molar-refractivity contribution is -0.132. The number of nitrogens with zero attached hydrogens (tertiary/aromatic N) is 1. The largest absolute Gasteiger partial charge is 0.507 e. The zero-order valence-electron chi connectivity index (χ0n) is 18.3. The maximum Gasteiger partial charge on any atom is 0.300 e. The molecule has 1 saturated heterocycles. The summed E-state index contributed by atoms with van der Waals surface area (Å²) >= 11 is 0. The quantitative estimate of drug-likeness (QED) is 0.346. The molecule has 1 fully saturated rings. The highest BCUT2D eigenvalue weighted by Crippen LogP contribution is 2.45. The first-order valence-electron chi connectivity index (χ1n) is 10.2. The fourth-order valence-corrected chi connectivity index (χ4v) is 4.09. The van der Waals surface area contributed by atoms with Crippen LogP contribution in [-0.4, -0.2) is 31.0 Å². The third-order valence-corrected chi connectivity index (χ3v) is 5.63. The van der Waals surface area contributed by atoms with Crippen LogP contribution in [0.4, 0.5) is 10.1 Å². The highest BCUT2D eigenvalue weighted by molar-refractivity contribution is 6.51. The van der Waals surface area contributed by atoms with E-state index in [9.17, 15) is 19.1 Å². The molecule has 0 spiro atoms. The molecule has 3 aromatic carbocycles.